The van der Waals surface area contributed by atoms with Crippen LogP contribution in [0.15, 0.2) is 18.2 Å². The van der Waals surface area contributed by atoms with Crippen LogP contribution in [0.4, 0.5) is 5.82 Å². The lowest BCUT2D eigenvalue weighted by Crippen LogP contribution is -2.16. The number of alkyl halides is 1. The first-order valence-corrected chi connectivity index (χ1v) is 5.72. The van der Waals surface area contributed by atoms with Crippen LogP contribution < -0.4 is 10.1 Å². The van der Waals surface area contributed by atoms with Gasteiger partial charge in [0.15, 0.2) is 0 Å². The monoisotopic (exact) mass is 228 g/mol. The Balaban J connectivity index is 2.56. The summed E-state index contributed by atoms with van der Waals surface area (Å²) in [6.45, 7) is 4.66. The number of nitrogens with zero attached hydrogens (tertiary/aromatic N) is 1. The number of rotatable bonds is 6. The first-order chi connectivity index (χ1) is 7.26. The summed E-state index contributed by atoms with van der Waals surface area (Å²) in [5.41, 5.74) is 0. The summed E-state index contributed by atoms with van der Waals surface area (Å²) < 4.78 is 5.31. The Morgan fingerprint density at radius 2 is 2.33 bits per heavy atom. The zero-order valence-electron chi connectivity index (χ0n) is 9.16. The van der Waals surface area contributed by atoms with E-state index >= 15 is 0 Å². The first-order valence-electron chi connectivity index (χ1n) is 5.18. The molecule has 0 aliphatic heterocycles. The number of aromatic nitrogens is 1. The molecule has 0 bridgehead atoms. The van der Waals surface area contributed by atoms with Crippen molar-refractivity contribution >= 4 is 17.4 Å². The van der Waals surface area contributed by atoms with Gasteiger partial charge < -0.3 is 10.1 Å². The van der Waals surface area contributed by atoms with Crippen LogP contribution in [0.25, 0.3) is 0 Å². The molecule has 1 N–H and O–H groups in total. The fourth-order valence-electron chi connectivity index (χ4n) is 1.21. The van der Waals surface area contributed by atoms with E-state index in [2.05, 4.69) is 17.2 Å². The molecule has 0 saturated heterocycles. The fraction of sp³-hybridized carbons (Fsp3) is 0.545. The van der Waals surface area contributed by atoms with E-state index in [1.54, 1.807) is 0 Å². The SMILES string of the molecule is CCOc1cccc(NC(C)CCCl)n1. The zero-order valence-corrected chi connectivity index (χ0v) is 9.92. The normalized spacial score (nSPS) is 12.2. The predicted molar refractivity (Wildman–Crippen MR) is 63.8 cm³/mol. The van der Waals surface area contributed by atoms with E-state index < -0.39 is 0 Å². The minimum absolute atomic E-state index is 0.326. The average molecular weight is 229 g/mol. The largest absolute Gasteiger partial charge is 0.478 e. The summed E-state index contributed by atoms with van der Waals surface area (Å²) in [6.07, 6.45) is 0.919. The Hall–Kier alpha value is -0.960. The van der Waals surface area contributed by atoms with E-state index in [1.165, 1.54) is 0 Å². The molecule has 0 radical (unpaired) electrons. The highest BCUT2D eigenvalue weighted by molar-refractivity contribution is 6.17. The van der Waals surface area contributed by atoms with Gasteiger partial charge in [-0.3, -0.25) is 0 Å². The molecule has 1 aromatic heterocycles. The Labute approximate surface area is 95.8 Å². The minimum Gasteiger partial charge on any atom is -0.478 e. The summed E-state index contributed by atoms with van der Waals surface area (Å²) in [4.78, 5) is 4.31. The topological polar surface area (TPSA) is 34.1 Å². The van der Waals surface area contributed by atoms with E-state index in [4.69, 9.17) is 16.3 Å². The van der Waals surface area contributed by atoms with Gasteiger partial charge in [0.05, 0.1) is 6.61 Å². The first kappa shape index (κ1) is 12.1. The lowest BCUT2D eigenvalue weighted by Gasteiger charge is -2.13. The van der Waals surface area contributed by atoms with Crippen molar-refractivity contribution in [3.8, 4) is 5.88 Å². The molecule has 4 heteroatoms. The van der Waals surface area contributed by atoms with Crippen molar-refractivity contribution in [2.75, 3.05) is 17.8 Å². The van der Waals surface area contributed by atoms with Crippen LogP contribution in [0.3, 0.4) is 0 Å². The fourth-order valence-corrected chi connectivity index (χ4v) is 1.54. The highest BCUT2D eigenvalue weighted by atomic mass is 35.5. The molecule has 0 amide bonds. The summed E-state index contributed by atoms with van der Waals surface area (Å²) >= 11 is 5.66. The maximum Gasteiger partial charge on any atom is 0.215 e. The maximum absolute atomic E-state index is 5.66. The van der Waals surface area contributed by atoms with E-state index in [0.717, 1.165) is 12.2 Å². The number of nitrogens with one attached hydrogen (secondary N) is 1. The smallest absolute Gasteiger partial charge is 0.215 e. The second-order valence-corrected chi connectivity index (χ2v) is 3.70. The van der Waals surface area contributed by atoms with Gasteiger partial charge in [0, 0.05) is 18.0 Å². The van der Waals surface area contributed by atoms with Crippen molar-refractivity contribution in [3.63, 3.8) is 0 Å². The standard InChI is InChI=1S/C11H17ClN2O/c1-3-15-11-6-4-5-10(14-11)13-9(2)7-8-12/h4-6,9H,3,7-8H2,1-2H3,(H,13,14). The van der Waals surface area contributed by atoms with Gasteiger partial charge >= 0.3 is 0 Å². The molecule has 1 rings (SSSR count). The van der Waals surface area contributed by atoms with Crippen LogP contribution in [0.1, 0.15) is 20.3 Å². The van der Waals surface area contributed by atoms with E-state index in [1.807, 2.05) is 25.1 Å². The molecule has 0 saturated carbocycles. The van der Waals surface area contributed by atoms with Crippen molar-refractivity contribution in [1.82, 2.24) is 4.98 Å². The van der Waals surface area contributed by atoms with E-state index in [-0.39, 0.29) is 0 Å². The van der Waals surface area contributed by atoms with Crippen molar-refractivity contribution in [2.24, 2.45) is 0 Å². The van der Waals surface area contributed by atoms with E-state index in [9.17, 15) is 0 Å². The summed E-state index contributed by atoms with van der Waals surface area (Å²) in [5, 5.41) is 3.27. The zero-order chi connectivity index (χ0) is 11.1. The van der Waals surface area contributed by atoms with Gasteiger partial charge in [0.2, 0.25) is 5.88 Å². The molecule has 3 nitrogen and oxygen atoms in total. The van der Waals surface area contributed by atoms with Crippen LogP contribution in [0.2, 0.25) is 0 Å². The van der Waals surface area contributed by atoms with Crippen LogP contribution >= 0.6 is 11.6 Å². The van der Waals surface area contributed by atoms with Gasteiger partial charge in [0.1, 0.15) is 5.82 Å². The Morgan fingerprint density at radius 3 is 3.00 bits per heavy atom. The molecule has 1 unspecified atom stereocenters. The quantitative estimate of drug-likeness (QED) is 0.761. The molecule has 1 aromatic rings. The van der Waals surface area contributed by atoms with Crippen LogP contribution in [0.5, 0.6) is 5.88 Å². The number of ether oxygens (including phenoxy) is 1. The second kappa shape index (κ2) is 6.51. The molecule has 15 heavy (non-hydrogen) atoms. The van der Waals surface area contributed by atoms with Gasteiger partial charge in [-0.25, -0.2) is 0 Å². The third-order valence-corrected chi connectivity index (χ3v) is 2.17. The summed E-state index contributed by atoms with van der Waals surface area (Å²) in [5.74, 6) is 2.14. The predicted octanol–water partition coefficient (Wildman–Crippen LogP) is 2.91. The molecular formula is C11H17ClN2O. The third-order valence-electron chi connectivity index (χ3n) is 1.95. The van der Waals surface area contributed by atoms with Gasteiger partial charge in [0.25, 0.3) is 0 Å². The molecule has 0 aliphatic rings. The number of hydrogen-bond acceptors (Lipinski definition) is 3. The average Bonchev–Trinajstić information content (AvgIpc) is 2.19. The Morgan fingerprint density at radius 1 is 1.53 bits per heavy atom. The van der Waals surface area contributed by atoms with Crippen molar-refractivity contribution in [3.05, 3.63) is 18.2 Å². The summed E-state index contributed by atoms with van der Waals surface area (Å²) in [7, 11) is 0. The lowest BCUT2D eigenvalue weighted by atomic mass is 10.2. The molecule has 0 fully saturated rings. The van der Waals surface area contributed by atoms with Crippen LogP contribution in [-0.4, -0.2) is 23.5 Å². The van der Waals surface area contributed by atoms with Gasteiger partial charge in [-0.2, -0.15) is 4.98 Å². The van der Waals surface area contributed by atoms with Crippen molar-refractivity contribution in [1.29, 1.82) is 0 Å². The Bertz CT molecular complexity index is 294. The van der Waals surface area contributed by atoms with E-state index in [0.29, 0.717) is 24.4 Å². The number of halogens is 1. The van der Waals surface area contributed by atoms with Crippen molar-refractivity contribution < 1.29 is 4.74 Å². The lowest BCUT2D eigenvalue weighted by molar-refractivity contribution is 0.327. The number of hydrogen-bond donors (Lipinski definition) is 1. The molecular weight excluding hydrogens is 212 g/mol. The number of anilines is 1. The molecule has 0 aromatic carbocycles. The highest BCUT2D eigenvalue weighted by Gasteiger charge is 2.02. The minimum atomic E-state index is 0.326. The van der Waals surface area contributed by atoms with Crippen LogP contribution in [0, 0.1) is 0 Å². The van der Waals surface area contributed by atoms with Crippen molar-refractivity contribution in [2.45, 2.75) is 26.3 Å². The molecule has 84 valence electrons. The molecule has 0 spiro atoms. The molecule has 1 atom stereocenters. The second-order valence-electron chi connectivity index (χ2n) is 3.32. The highest BCUT2D eigenvalue weighted by Crippen LogP contribution is 2.13. The summed E-state index contributed by atoms with van der Waals surface area (Å²) in [6, 6.07) is 6.02. The molecule has 0 aliphatic carbocycles. The number of pyridine rings is 1. The van der Waals surface area contributed by atoms with Gasteiger partial charge in [-0.05, 0) is 26.3 Å². The van der Waals surface area contributed by atoms with Gasteiger partial charge in [-0.1, -0.05) is 6.07 Å². The van der Waals surface area contributed by atoms with Crippen LogP contribution in [-0.2, 0) is 0 Å². The van der Waals surface area contributed by atoms with Gasteiger partial charge in [-0.15, -0.1) is 11.6 Å². The maximum atomic E-state index is 5.66. The third kappa shape index (κ3) is 4.38. The Kier molecular flexibility index (Phi) is 5.26. The molecule has 1 heterocycles.